The third kappa shape index (κ3) is 10.8. The van der Waals surface area contributed by atoms with E-state index in [9.17, 15) is 33.9 Å². The van der Waals surface area contributed by atoms with Crippen LogP contribution in [0.5, 0.6) is 0 Å². The Kier molecular flexibility index (Phi) is 15.9. The summed E-state index contributed by atoms with van der Waals surface area (Å²) in [6.07, 6.45) is 12.6. The van der Waals surface area contributed by atoms with Crippen LogP contribution in [0.2, 0.25) is 20.1 Å². The van der Waals surface area contributed by atoms with Crippen molar-refractivity contribution in [3.8, 4) is 0 Å². The summed E-state index contributed by atoms with van der Waals surface area (Å²) >= 11 is 25.8. The van der Waals surface area contributed by atoms with Gasteiger partial charge in [0.15, 0.2) is 11.6 Å². The van der Waals surface area contributed by atoms with Gasteiger partial charge in [-0.3, -0.25) is 38.1 Å². The van der Waals surface area contributed by atoms with Crippen LogP contribution in [0.15, 0.2) is 36.7 Å². The number of aliphatic carboxylic acids is 1. The number of fused-ring (bicyclic) bond motifs is 2. The van der Waals surface area contributed by atoms with Crippen LogP contribution in [0.4, 0.5) is 0 Å². The summed E-state index contributed by atoms with van der Waals surface area (Å²) < 4.78 is 3.83. The second-order valence-electron chi connectivity index (χ2n) is 25.9. The summed E-state index contributed by atoms with van der Waals surface area (Å²) in [7, 11) is 0. The number of aromatic nitrogens is 4. The van der Waals surface area contributed by atoms with Gasteiger partial charge in [-0.15, -0.1) is 0 Å². The molecule has 2 amide bonds. The number of benzene rings is 2. The van der Waals surface area contributed by atoms with Crippen LogP contribution < -0.4 is 0 Å². The molecule has 2 heterocycles. The van der Waals surface area contributed by atoms with Gasteiger partial charge in [0.1, 0.15) is 5.78 Å². The van der Waals surface area contributed by atoms with E-state index in [1.54, 1.807) is 60.3 Å². The van der Waals surface area contributed by atoms with E-state index in [1.807, 2.05) is 44.0 Å². The molecule has 6 atom stereocenters. The molecular weight excluding hydrogens is 1070 g/mol. The summed E-state index contributed by atoms with van der Waals surface area (Å²) in [5, 5.41) is 20.0. The number of hydrogen-bond donors (Lipinski definition) is 1. The normalized spacial score (nSPS) is 29.1. The van der Waals surface area contributed by atoms with Crippen LogP contribution in [-0.2, 0) is 9.59 Å². The van der Waals surface area contributed by atoms with E-state index in [1.165, 1.54) is 0 Å². The van der Waals surface area contributed by atoms with Gasteiger partial charge in [0, 0.05) is 28.9 Å². The Bertz CT molecular complexity index is 2810. The molecule has 0 spiro atoms. The van der Waals surface area contributed by atoms with Gasteiger partial charge in [0.05, 0.1) is 85.3 Å². The average Bonchev–Trinajstić information content (AvgIpc) is 4.11. The van der Waals surface area contributed by atoms with Gasteiger partial charge < -0.3 is 14.9 Å². The molecule has 0 aliphatic heterocycles. The molecule has 0 bridgehead atoms. The maximum absolute atomic E-state index is 14.1. The van der Waals surface area contributed by atoms with Crippen LogP contribution >= 0.6 is 46.4 Å². The van der Waals surface area contributed by atoms with Crippen LogP contribution in [0.3, 0.4) is 0 Å². The molecule has 6 fully saturated rings. The third-order valence-corrected chi connectivity index (χ3v) is 21.6. The number of carbonyl (C=O) groups is 6. The molecule has 6 saturated carbocycles. The van der Waals surface area contributed by atoms with E-state index in [-0.39, 0.29) is 88.4 Å². The zero-order chi connectivity index (χ0) is 56.9. The van der Waals surface area contributed by atoms with Crippen molar-refractivity contribution >= 4 is 81.5 Å². The van der Waals surface area contributed by atoms with Gasteiger partial charge in [-0.1, -0.05) is 81.0 Å². The standard InChI is InChI=1S/C31H39Cl2N3O3.C30H37Cl2N3O4/c1-17-11-25(32)28(26(33)12-17)27(38)16-35(21-13-23-24(14-21)30(23,4)5)29(39)22-15-34-36(18(22)2)20-7-9-31(6,10-8-20)19(3)37;1-16-10-23(31)26(24(32)11-16)25(36)15-34(19-12-21-22(13-19)29(21,3)4)27(37)20-14-33-35(17(20)2)18-6-8-30(5,9-7-18)28(38)39/h11-12,15,20-21,23-24H,7-10,13-14,16H2,1-6H3;10-11,14,18-19,21-22H,6-9,12-13,15H2,1-5H3,(H,38,39)/t20?,21?,23-,24+,31?;18?,19?,21-,22+,30?. The Morgan fingerprint density at radius 3 is 1.15 bits per heavy atom. The highest BCUT2D eigenvalue weighted by Gasteiger charge is 2.64. The van der Waals surface area contributed by atoms with E-state index in [0.29, 0.717) is 86.0 Å². The Morgan fingerprint density at radius 2 is 0.859 bits per heavy atom. The van der Waals surface area contributed by atoms with Gasteiger partial charge in [-0.25, -0.2) is 0 Å². The largest absolute Gasteiger partial charge is 0.481 e. The van der Waals surface area contributed by atoms with Crippen molar-refractivity contribution in [2.45, 2.75) is 177 Å². The van der Waals surface area contributed by atoms with E-state index >= 15 is 0 Å². The maximum Gasteiger partial charge on any atom is 0.309 e. The Labute approximate surface area is 479 Å². The number of halogens is 4. The number of aryl methyl sites for hydroxylation is 2. The van der Waals surface area contributed by atoms with Gasteiger partial charge in [-0.05, 0) is 188 Å². The van der Waals surface area contributed by atoms with Crippen molar-refractivity contribution in [3.05, 3.63) is 102 Å². The quantitative estimate of drug-likeness (QED) is 0.121. The topological polar surface area (TPSA) is 165 Å². The molecule has 2 unspecified atom stereocenters. The molecule has 6 aliphatic carbocycles. The highest BCUT2D eigenvalue weighted by molar-refractivity contribution is 6.41. The minimum atomic E-state index is -0.763. The first kappa shape index (κ1) is 58.1. The highest BCUT2D eigenvalue weighted by Crippen LogP contribution is 2.68. The first-order valence-corrected chi connectivity index (χ1v) is 29.4. The summed E-state index contributed by atoms with van der Waals surface area (Å²) in [6, 6.07) is 7.04. The molecule has 2 aromatic heterocycles. The number of amides is 2. The Morgan fingerprint density at radius 1 is 0.551 bits per heavy atom. The van der Waals surface area contributed by atoms with Crippen molar-refractivity contribution in [1.82, 2.24) is 29.4 Å². The van der Waals surface area contributed by atoms with Crippen molar-refractivity contribution in [3.63, 3.8) is 0 Å². The predicted octanol–water partition coefficient (Wildman–Crippen LogP) is 14.0. The van der Waals surface area contributed by atoms with Gasteiger partial charge >= 0.3 is 5.97 Å². The number of hydrogen-bond acceptors (Lipinski definition) is 8. The highest BCUT2D eigenvalue weighted by atomic mass is 35.5. The second-order valence-corrected chi connectivity index (χ2v) is 27.5. The number of carboxylic acid groups (broad SMARTS) is 1. The number of rotatable bonds is 14. The van der Waals surface area contributed by atoms with Crippen molar-refractivity contribution in [1.29, 1.82) is 0 Å². The van der Waals surface area contributed by atoms with E-state index in [0.717, 1.165) is 73.9 Å². The van der Waals surface area contributed by atoms with Gasteiger partial charge in [0.2, 0.25) is 0 Å². The van der Waals surface area contributed by atoms with Crippen LogP contribution in [0.1, 0.15) is 202 Å². The van der Waals surface area contributed by atoms with E-state index in [2.05, 4.69) is 37.9 Å². The molecule has 78 heavy (non-hydrogen) atoms. The lowest BCUT2D eigenvalue weighted by Gasteiger charge is -2.36. The fourth-order valence-electron chi connectivity index (χ4n) is 14.4. The Balaban J connectivity index is 0.000000190. The third-order valence-electron chi connectivity index (χ3n) is 20.4. The fourth-order valence-corrected chi connectivity index (χ4v) is 16.1. The minimum absolute atomic E-state index is 0.0128. The molecule has 6 aliphatic rings. The molecule has 13 nitrogen and oxygen atoms in total. The fraction of sp³-hybridized carbons (Fsp3) is 0.607. The SMILES string of the molecule is CC(=O)C1(C)CCC(n2ncc(C(=O)N(CC(=O)c3c(Cl)cc(C)cc3Cl)C3C[C@@H]4[C@H](C3)C4(C)C)c2C)CC1.Cc1cc(Cl)c(C(=O)CN(C(=O)c2cnn(C3CCC(C)(C(=O)O)CC3)c2C)C2C[C@@H]3[C@H](C2)C3(C)C)c(Cl)c1. The van der Waals surface area contributed by atoms with Crippen LogP contribution in [0, 0.1) is 73.0 Å². The van der Waals surface area contributed by atoms with Crippen LogP contribution in [0.25, 0.3) is 0 Å². The van der Waals surface area contributed by atoms with Crippen molar-refractivity contribution < 1.29 is 33.9 Å². The van der Waals surface area contributed by atoms with E-state index < -0.39 is 11.4 Å². The first-order chi connectivity index (χ1) is 36.5. The molecule has 0 saturated heterocycles. The molecule has 420 valence electrons. The number of carboxylic acids is 1. The summed E-state index contributed by atoms with van der Waals surface area (Å²) in [5.74, 6) is 0.816. The Hall–Kier alpha value is -4.56. The number of ketones is 3. The molecule has 17 heteroatoms. The maximum atomic E-state index is 14.1. The molecule has 0 radical (unpaired) electrons. The lowest BCUT2D eigenvalue weighted by molar-refractivity contribution is -0.150. The minimum Gasteiger partial charge on any atom is -0.481 e. The lowest BCUT2D eigenvalue weighted by Crippen LogP contribution is -2.43. The monoisotopic (exact) mass is 1140 g/mol. The molecule has 2 aromatic carbocycles. The molecule has 4 aromatic rings. The zero-order valence-corrected chi connectivity index (χ0v) is 50.1. The predicted molar refractivity (Wildman–Crippen MR) is 304 cm³/mol. The summed E-state index contributed by atoms with van der Waals surface area (Å²) in [6.45, 7) is 22.0. The summed E-state index contributed by atoms with van der Waals surface area (Å²) in [5.41, 5.74) is 4.42. The molecule has 1 N–H and O–H groups in total. The molecule has 10 rings (SSSR count). The molecular formula is C61H76Cl4N6O7. The smallest absolute Gasteiger partial charge is 0.309 e. The second kappa shape index (κ2) is 21.4. The van der Waals surface area contributed by atoms with Crippen LogP contribution in [-0.4, -0.2) is 94.8 Å². The number of nitrogens with zero attached hydrogens (tertiary/aromatic N) is 6. The number of carbonyl (C=O) groups excluding carboxylic acids is 5. The van der Waals surface area contributed by atoms with Crippen molar-refractivity contribution in [2.24, 2.45) is 45.3 Å². The van der Waals surface area contributed by atoms with E-state index in [4.69, 9.17) is 46.4 Å². The summed E-state index contributed by atoms with van der Waals surface area (Å²) in [4.78, 5) is 82.6. The van der Waals surface area contributed by atoms with Crippen molar-refractivity contribution in [2.75, 3.05) is 13.1 Å². The zero-order valence-electron chi connectivity index (χ0n) is 47.1. The average molecular weight is 1150 g/mol. The van der Waals surface area contributed by atoms with Gasteiger partial charge in [-0.2, -0.15) is 10.2 Å². The lowest BCUT2D eigenvalue weighted by atomic mass is 9.71. The number of Topliss-reactive ketones (excluding diaryl/α,β-unsaturated/α-hetero) is 3. The van der Waals surface area contributed by atoms with Gasteiger partial charge in [0.25, 0.3) is 11.8 Å². The first-order valence-electron chi connectivity index (χ1n) is 27.9.